The largest absolute Gasteiger partial charge is 0.480 e. The highest BCUT2D eigenvalue weighted by atomic mass is 16.4. The number of nitrogens with one attached hydrogen (secondary N) is 1. The fraction of sp³-hybridized carbons (Fsp3) is 0.562. The van der Waals surface area contributed by atoms with Gasteiger partial charge in [0.2, 0.25) is 0 Å². The average Bonchev–Trinajstić information content (AvgIpc) is 2.38. The molecule has 2 rings (SSSR count). The van der Waals surface area contributed by atoms with Gasteiger partial charge in [-0.25, -0.2) is 4.79 Å². The van der Waals surface area contributed by atoms with Gasteiger partial charge < -0.3 is 5.11 Å². The van der Waals surface area contributed by atoms with Crippen LogP contribution in [-0.4, -0.2) is 17.6 Å². The van der Waals surface area contributed by atoms with Crippen LogP contribution < -0.4 is 5.32 Å². The minimum atomic E-state index is -0.894. The van der Waals surface area contributed by atoms with Crippen LogP contribution in [0.15, 0.2) is 24.3 Å². The molecule has 3 heteroatoms. The Labute approximate surface area is 115 Å². The number of carboxylic acid groups (broad SMARTS) is 1. The Kier molecular flexibility index (Phi) is 3.68. The molecule has 0 amide bonds. The number of aliphatic carboxylic acids is 1. The van der Waals surface area contributed by atoms with E-state index in [1.54, 1.807) is 0 Å². The Morgan fingerprint density at radius 2 is 1.84 bits per heavy atom. The predicted molar refractivity (Wildman–Crippen MR) is 76.3 cm³/mol. The van der Waals surface area contributed by atoms with Crippen LogP contribution in [0.3, 0.4) is 0 Å². The Morgan fingerprint density at radius 1 is 1.21 bits per heavy atom. The van der Waals surface area contributed by atoms with Gasteiger partial charge in [0.05, 0.1) is 0 Å². The molecule has 1 atom stereocenters. The van der Waals surface area contributed by atoms with Crippen LogP contribution in [0.25, 0.3) is 0 Å². The first-order valence-electron chi connectivity index (χ1n) is 6.96. The first-order chi connectivity index (χ1) is 8.86. The topological polar surface area (TPSA) is 49.3 Å². The van der Waals surface area contributed by atoms with Gasteiger partial charge >= 0.3 is 5.97 Å². The van der Waals surface area contributed by atoms with Crippen molar-refractivity contribution in [3.63, 3.8) is 0 Å². The molecule has 1 unspecified atom stereocenters. The van der Waals surface area contributed by atoms with Crippen molar-refractivity contribution in [2.75, 3.05) is 6.54 Å². The molecule has 0 radical (unpaired) electrons. The predicted octanol–water partition coefficient (Wildman–Crippen LogP) is 3.04. The molecule has 19 heavy (non-hydrogen) atoms. The molecule has 0 saturated carbocycles. The van der Waals surface area contributed by atoms with E-state index >= 15 is 0 Å². The smallest absolute Gasteiger partial charge is 0.328 e. The highest BCUT2D eigenvalue weighted by Gasteiger charge is 2.41. The van der Waals surface area contributed by atoms with E-state index in [0.717, 1.165) is 24.9 Å². The van der Waals surface area contributed by atoms with E-state index in [1.165, 1.54) is 5.56 Å². The Hall–Kier alpha value is -1.35. The summed E-state index contributed by atoms with van der Waals surface area (Å²) in [6, 6.07) is 8.03. The molecule has 3 nitrogen and oxygen atoms in total. The highest BCUT2D eigenvalue weighted by molar-refractivity contribution is 5.81. The number of hydrogen-bond donors (Lipinski definition) is 2. The lowest BCUT2D eigenvalue weighted by Crippen LogP contribution is -2.51. The third kappa shape index (κ3) is 2.66. The van der Waals surface area contributed by atoms with Crippen molar-refractivity contribution in [1.29, 1.82) is 0 Å². The quantitative estimate of drug-likeness (QED) is 0.860. The number of hydrogen-bond acceptors (Lipinski definition) is 2. The van der Waals surface area contributed by atoms with Crippen LogP contribution in [0.5, 0.6) is 0 Å². The SMILES string of the molecule is CC(C)(C)c1ccc(C2(C(=O)O)CCCCN2)cc1. The van der Waals surface area contributed by atoms with Crippen LogP contribution in [0.4, 0.5) is 0 Å². The Bertz CT molecular complexity index is 451. The number of benzene rings is 1. The second kappa shape index (κ2) is 4.97. The van der Waals surface area contributed by atoms with Gasteiger partial charge in [-0.2, -0.15) is 0 Å². The minimum absolute atomic E-state index is 0.0922. The summed E-state index contributed by atoms with van der Waals surface area (Å²) in [6.07, 6.45) is 2.67. The van der Waals surface area contributed by atoms with E-state index in [0.29, 0.717) is 6.42 Å². The summed E-state index contributed by atoms with van der Waals surface area (Å²) in [6.45, 7) is 7.25. The third-order valence-corrected chi connectivity index (χ3v) is 4.01. The molecule has 0 aromatic heterocycles. The summed E-state index contributed by atoms with van der Waals surface area (Å²) in [5.74, 6) is -0.768. The van der Waals surface area contributed by atoms with Crippen LogP contribution in [0, 0.1) is 0 Å². The summed E-state index contributed by atoms with van der Waals surface area (Å²) in [4.78, 5) is 11.7. The second-order valence-electron chi connectivity index (χ2n) is 6.42. The van der Waals surface area contributed by atoms with Crippen LogP contribution in [-0.2, 0) is 15.7 Å². The number of piperidine rings is 1. The van der Waals surface area contributed by atoms with Gasteiger partial charge in [-0.1, -0.05) is 45.0 Å². The van der Waals surface area contributed by atoms with Gasteiger partial charge in [-0.05, 0) is 42.3 Å². The first-order valence-corrected chi connectivity index (χ1v) is 6.96. The normalized spacial score (nSPS) is 24.2. The van der Waals surface area contributed by atoms with E-state index in [4.69, 9.17) is 0 Å². The van der Waals surface area contributed by atoms with Crippen molar-refractivity contribution >= 4 is 5.97 Å². The van der Waals surface area contributed by atoms with E-state index < -0.39 is 11.5 Å². The zero-order valence-electron chi connectivity index (χ0n) is 12.0. The second-order valence-corrected chi connectivity index (χ2v) is 6.42. The lowest BCUT2D eigenvalue weighted by molar-refractivity contribution is -0.146. The van der Waals surface area contributed by atoms with Gasteiger partial charge in [-0.15, -0.1) is 0 Å². The standard InChI is InChI=1S/C16H23NO2/c1-15(2,3)12-6-8-13(9-7-12)16(14(18)19)10-4-5-11-17-16/h6-9,17H,4-5,10-11H2,1-3H3,(H,18,19). The summed E-state index contributed by atoms with van der Waals surface area (Å²) in [7, 11) is 0. The van der Waals surface area contributed by atoms with E-state index in [2.05, 4.69) is 38.2 Å². The molecule has 1 fully saturated rings. The van der Waals surface area contributed by atoms with Gasteiger partial charge in [0, 0.05) is 0 Å². The van der Waals surface area contributed by atoms with Gasteiger partial charge in [0.15, 0.2) is 0 Å². The lowest BCUT2D eigenvalue weighted by Gasteiger charge is -2.35. The Balaban J connectivity index is 2.36. The molecule has 0 bridgehead atoms. The van der Waals surface area contributed by atoms with Crippen molar-refractivity contribution in [1.82, 2.24) is 5.32 Å². The summed E-state index contributed by atoms with van der Waals surface area (Å²) >= 11 is 0. The van der Waals surface area contributed by atoms with Crippen LogP contribution >= 0.6 is 0 Å². The maximum absolute atomic E-state index is 11.7. The van der Waals surface area contributed by atoms with Crippen molar-refractivity contribution in [2.24, 2.45) is 0 Å². The van der Waals surface area contributed by atoms with Gasteiger partial charge in [-0.3, -0.25) is 5.32 Å². The van der Waals surface area contributed by atoms with E-state index in [9.17, 15) is 9.90 Å². The molecule has 1 aromatic rings. The molecule has 1 heterocycles. The monoisotopic (exact) mass is 261 g/mol. The fourth-order valence-corrected chi connectivity index (χ4v) is 2.71. The molecule has 1 aromatic carbocycles. The summed E-state index contributed by atoms with van der Waals surface area (Å²) in [5.41, 5.74) is 1.30. The molecule has 0 spiro atoms. The third-order valence-electron chi connectivity index (χ3n) is 4.01. The highest BCUT2D eigenvalue weighted by Crippen LogP contribution is 2.32. The molecule has 0 aliphatic carbocycles. The first kappa shape index (κ1) is 14.1. The maximum atomic E-state index is 11.7. The number of carboxylic acids is 1. The minimum Gasteiger partial charge on any atom is -0.480 e. The lowest BCUT2D eigenvalue weighted by atomic mass is 9.80. The Morgan fingerprint density at radius 3 is 2.26 bits per heavy atom. The fourth-order valence-electron chi connectivity index (χ4n) is 2.71. The zero-order chi connectivity index (χ0) is 14.1. The maximum Gasteiger partial charge on any atom is 0.328 e. The van der Waals surface area contributed by atoms with E-state index in [1.807, 2.05) is 12.1 Å². The molecule has 1 saturated heterocycles. The van der Waals surface area contributed by atoms with Gasteiger partial charge in [0.25, 0.3) is 0 Å². The molecular formula is C16H23NO2. The molecule has 104 valence electrons. The number of rotatable bonds is 2. The zero-order valence-corrected chi connectivity index (χ0v) is 12.0. The molecule has 1 aliphatic heterocycles. The van der Waals surface area contributed by atoms with Crippen molar-refractivity contribution in [3.8, 4) is 0 Å². The van der Waals surface area contributed by atoms with Crippen LogP contribution in [0.1, 0.15) is 51.2 Å². The van der Waals surface area contributed by atoms with E-state index in [-0.39, 0.29) is 5.41 Å². The summed E-state index contributed by atoms with van der Waals surface area (Å²) < 4.78 is 0. The molecule has 2 N–H and O–H groups in total. The van der Waals surface area contributed by atoms with Crippen LogP contribution in [0.2, 0.25) is 0 Å². The average molecular weight is 261 g/mol. The van der Waals surface area contributed by atoms with Crippen molar-refractivity contribution in [3.05, 3.63) is 35.4 Å². The molecule has 1 aliphatic rings. The number of carbonyl (C=O) groups is 1. The van der Waals surface area contributed by atoms with Gasteiger partial charge in [0.1, 0.15) is 5.54 Å². The van der Waals surface area contributed by atoms with Crippen molar-refractivity contribution < 1.29 is 9.90 Å². The molecular weight excluding hydrogens is 238 g/mol. The summed E-state index contributed by atoms with van der Waals surface area (Å²) in [5, 5.41) is 12.8. The van der Waals surface area contributed by atoms with Crippen molar-refractivity contribution in [2.45, 2.75) is 51.0 Å².